The summed E-state index contributed by atoms with van der Waals surface area (Å²) < 4.78 is 0. The zero-order chi connectivity index (χ0) is 21.1. The van der Waals surface area contributed by atoms with E-state index in [-0.39, 0.29) is 19.1 Å². The number of carboxylic acid groups (broad SMARTS) is 1. The molecule has 0 spiro atoms. The SMILES string of the molecule is CC(C)[C@H](NC(=O)O)C(=O)N[C@H](C=O)CNc1ccc(CO)c(CCCN)c1. The molecule has 2 amide bonds. The summed E-state index contributed by atoms with van der Waals surface area (Å²) in [4.78, 5) is 34.5. The zero-order valence-electron chi connectivity index (χ0n) is 16.3. The Morgan fingerprint density at radius 3 is 2.46 bits per heavy atom. The molecule has 0 aliphatic heterocycles. The minimum Gasteiger partial charge on any atom is -0.465 e. The molecular formula is C19H30N4O5. The lowest BCUT2D eigenvalue weighted by atomic mass is 10.0. The number of nitrogens with one attached hydrogen (secondary N) is 3. The molecule has 0 radical (unpaired) electrons. The van der Waals surface area contributed by atoms with Crippen LogP contribution < -0.4 is 21.7 Å². The summed E-state index contributed by atoms with van der Waals surface area (Å²) >= 11 is 0. The number of aldehydes is 1. The lowest BCUT2D eigenvalue weighted by Gasteiger charge is -2.22. The first-order valence-electron chi connectivity index (χ1n) is 9.24. The maximum atomic E-state index is 12.3. The molecule has 0 saturated heterocycles. The fourth-order valence-corrected chi connectivity index (χ4v) is 2.72. The smallest absolute Gasteiger partial charge is 0.405 e. The van der Waals surface area contributed by atoms with Crippen LogP contribution in [0.1, 0.15) is 31.4 Å². The molecule has 1 rings (SSSR count). The second kappa shape index (κ2) is 11.9. The zero-order valence-corrected chi connectivity index (χ0v) is 16.3. The van der Waals surface area contributed by atoms with Crippen LogP contribution in [-0.2, 0) is 22.6 Å². The van der Waals surface area contributed by atoms with Crippen LogP contribution in [0.4, 0.5) is 10.5 Å². The third-order valence-corrected chi connectivity index (χ3v) is 4.27. The van der Waals surface area contributed by atoms with Crippen molar-refractivity contribution >= 4 is 24.0 Å². The molecule has 0 aliphatic rings. The second-order valence-corrected chi connectivity index (χ2v) is 6.84. The lowest BCUT2D eigenvalue weighted by molar-refractivity contribution is -0.126. The van der Waals surface area contributed by atoms with Gasteiger partial charge in [0.05, 0.1) is 6.61 Å². The molecule has 1 aromatic carbocycles. The van der Waals surface area contributed by atoms with Crippen molar-refractivity contribution in [2.24, 2.45) is 11.7 Å². The molecule has 0 heterocycles. The number of carbonyl (C=O) groups excluding carboxylic acids is 2. The third-order valence-electron chi connectivity index (χ3n) is 4.27. The van der Waals surface area contributed by atoms with Crippen LogP contribution in [0.3, 0.4) is 0 Å². The number of aryl methyl sites for hydroxylation is 1. The Kier molecular flexibility index (Phi) is 9.97. The van der Waals surface area contributed by atoms with Crippen molar-refractivity contribution in [3.8, 4) is 0 Å². The highest BCUT2D eigenvalue weighted by molar-refractivity contribution is 5.87. The molecule has 156 valence electrons. The summed E-state index contributed by atoms with van der Waals surface area (Å²) in [5, 5.41) is 26.1. The minimum absolute atomic E-state index is 0.0691. The Labute approximate surface area is 164 Å². The van der Waals surface area contributed by atoms with Crippen molar-refractivity contribution in [3.05, 3.63) is 29.3 Å². The van der Waals surface area contributed by atoms with Crippen LogP contribution in [0.2, 0.25) is 0 Å². The minimum atomic E-state index is -1.30. The molecule has 9 heteroatoms. The summed E-state index contributed by atoms with van der Waals surface area (Å²) in [6.07, 6.45) is 0.813. The number of aliphatic hydroxyl groups is 1. The number of nitrogens with two attached hydrogens (primary N) is 1. The van der Waals surface area contributed by atoms with E-state index in [1.54, 1.807) is 26.0 Å². The van der Waals surface area contributed by atoms with Crippen LogP contribution in [0.5, 0.6) is 0 Å². The highest BCUT2D eigenvalue weighted by Crippen LogP contribution is 2.18. The van der Waals surface area contributed by atoms with Crippen molar-refractivity contribution in [3.63, 3.8) is 0 Å². The number of anilines is 1. The fraction of sp³-hybridized carbons (Fsp3) is 0.526. The van der Waals surface area contributed by atoms with Crippen molar-refractivity contribution in [2.75, 3.05) is 18.4 Å². The van der Waals surface area contributed by atoms with E-state index in [0.717, 1.165) is 29.7 Å². The van der Waals surface area contributed by atoms with Crippen LogP contribution in [-0.4, -0.2) is 53.7 Å². The van der Waals surface area contributed by atoms with E-state index in [0.29, 0.717) is 12.8 Å². The van der Waals surface area contributed by atoms with Gasteiger partial charge in [-0.2, -0.15) is 0 Å². The van der Waals surface area contributed by atoms with Gasteiger partial charge in [0.1, 0.15) is 18.4 Å². The quantitative estimate of drug-likeness (QED) is 0.281. The van der Waals surface area contributed by atoms with E-state index in [4.69, 9.17) is 10.8 Å². The molecule has 9 nitrogen and oxygen atoms in total. The average molecular weight is 394 g/mol. The van der Waals surface area contributed by atoms with Gasteiger partial charge in [0.2, 0.25) is 5.91 Å². The van der Waals surface area contributed by atoms with Gasteiger partial charge in [0.15, 0.2) is 0 Å². The van der Waals surface area contributed by atoms with Gasteiger partial charge < -0.3 is 36.7 Å². The Morgan fingerprint density at radius 2 is 1.93 bits per heavy atom. The van der Waals surface area contributed by atoms with E-state index >= 15 is 0 Å². The molecule has 28 heavy (non-hydrogen) atoms. The molecule has 0 aliphatic carbocycles. The summed E-state index contributed by atoms with van der Waals surface area (Å²) in [5.74, 6) is -0.831. The first-order valence-corrected chi connectivity index (χ1v) is 9.24. The van der Waals surface area contributed by atoms with Crippen LogP contribution in [0, 0.1) is 5.92 Å². The largest absolute Gasteiger partial charge is 0.465 e. The van der Waals surface area contributed by atoms with Gasteiger partial charge in [-0.1, -0.05) is 19.9 Å². The summed E-state index contributed by atoms with van der Waals surface area (Å²) in [6, 6.07) is 3.69. The molecule has 7 N–H and O–H groups in total. The van der Waals surface area contributed by atoms with Crippen molar-refractivity contribution in [2.45, 2.75) is 45.4 Å². The maximum absolute atomic E-state index is 12.3. The molecule has 0 unspecified atom stereocenters. The molecule has 2 atom stereocenters. The van der Waals surface area contributed by atoms with Gasteiger partial charge in [-0.3, -0.25) is 4.79 Å². The normalized spacial score (nSPS) is 12.9. The molecule has 0 bridgehead atoms. The number of benzene rings is 1. The number of amides is 2. The van der Waals surface area contributed by atoms with Gasteiger partial charge >= 0.3 is 6.09 Å². The first-order chi connectivity index (χ1) is 13.3. The topological polar surface area (TPSA) is 154 Å². The van der Waals surface area contributed by atoms with E-state index in [9.17, 15) is 19.5 Å². The van der Waals surface area contributed by atoms with Crippen molar-refractivity contribution in [1.82, 2.24) is 10.6 Å². The molecule has 0 aromatic heterocycles. The van der Waals surface area contributed by atoms with Gasteiger partial charge in [-0.15, -0.1) is 0 Å². The predicted octanol–water partition coefficient (Wildman–Crippen LogP) is 0.458. The third kappa shape index (κ3) is 7.53. The Balaban J connectivity index is 2.74. The summed E-state index contributed by atoms with van der Waals surface area (Å²) in [7, 11) is 0. The van der Waals surface area contributed by atoms with Crippen molar-refractivity contribution in [1.29, 1.82) is 0 Å². The lowest BCUT2D eigenvalue weighted by Crippen LogP contribution is -2.53. The summed E-state index contributed by atoms with van der Waals surface area (Å²) in [5.41, 5.74) is 8.08. The van der Waals surface area contributed by atoms with Crippen LogP contribution >= 0.6 is 0 Å². The highest BCUT2D eigenvalue weighted by Gasteiger charge is 2.25. The standard InChI is InChI=1S/C19H30N4O5/c1-12(2)17(23-19(27)28)18(26)22-16(11-25)9-21-15-6-5-14(10-24)13(8-15)4-3-7-20/h5-6,8,11-12,16-17,21,23-24H,3-4,7,9-10,20H2,1-2H3,(H,22,26)(H,27,28)/t16-,17-/m0/s1. The number of aliphatic hydroxyl groups excluding tert-OH is 1. The van der Waals surface area contributed by atoms with Crippen LogP contribution in [0.15, 0.2) is 18.2 Å². The number of carbonyl (C=O) groups is 3. The monoisotopic (exact) mass is 394 g/mol. The molecular weight excluding hydrogens is 364 g/mol. The Morgan fingerprint density at radius 1 is 1.21 bits per heavy atom. The second-order valence-electron chi connectivity index (χ2n) is 6.84. The maximum Gasteiger partial charge on any atom is 0.405 e. The predicted molar refractivity (Wildman–Crippen MR) is 106 cm³/mol. The molecule has 0 saturated carbocycles. The van der Waals surface area contributed by atoms with Crippen molar-refractivity contribution < 1.29 is 24.6 Å². The number of rotatable bonds is 12. The van der Waals surface area contributed by atoms with Gasteiger partial charge in [-0.25, -0.2) is 4.79 Å². The Bertz CT molecular complexity index is 666. The number of hydrogen-bond donors (Lipinski definition) is 6. The van der Waals surface area contributed by atoms with E-state index in [1.165, 1.54) is 0 Å². The Hall–Kier alpha value is -2.65. The van der Waals surface area contributed by atoms with Gasteiger partial charge in [0, 0.05) is 12.2 Å². The fourth-order valence-electron chi connectivity index (χ4n) is 2.72. The van der Waals surface area contributed by atoms with E-state index < -0.39 is 24.1 Å². The number of hydrogen-bond acceptors (Lipinski definition) is 6. The first kappa shape index (κ1) is 23.4. The van der Waals surface area contributed by atoms with Crippen LogP contribution in [0.25, 0.3) is 0 Å². The van der Waals surface area contributed by atoms with E-state index in [2.05, 4.69) is 16.0 Å². The molecule has 0 fully saturated rings. The van der Waals surface area contributed by atoms with Gasteiger partial charge in [-0.05, 0) is 48.6 Å². The highest BCUT2D eigenvalue weighted by atomic mass is 16.4. The van der Waals surface area contributed by atoms with Gasteiger partial charge in [0.25, 0.3) is 0 Å². The average Bonchev–Trinajstić information content (AvgIpc) is 2.67. The summed E-state index contributed by atoms with van der Waals surface area (Å²) in [6.45, 7) is 4.03. The van der Waals surface area contributed by atoms with E-state index in [1.807, 2.05) is 6.07 Å². The molecule has 1 aromatic rings.